The first-order chi connectivity index (χ1) is 10.2. The minimum Gasteiger partial charge on any atom is -0.497 e. The third-order valence-corrected chi connectivity index (χ3v) is 3.04. The zero-order valence-corrected chi connectivity index (χ0v) is 11.9. The molecule has 0 spiro atoms. The lowest BCUT2D eigenvalue weighted by molar-refractivity contribution is -0.136. The Bertz CT molecular complexity index is 638. The molecule has 1 aromatic carbocycles. The standard InChI is InChI=1S/C13H12N4O3S/c1-20-10-4-2-9(3-5-10)8-15-17-12(19)11(18)16-13-14-6-7-21-13/h2-8H,1H3,(H,17,19)(H,14,16,18)/b15-8-. The molecule has 2 rings (SSSR count). The lowest BCUT2D eigenvalue weighted by Gasteiger charge is -2.00. The van der Waals surface area contributed by atoms with Gasteiger partial charge in [0, 0.05) is 11.6 Å². The van der Waals surface area contributed by atoms with Crippen molar-refractivity contribution in [3.8, 4) is 5.75 Å². The molecule has 1 aromatic heterocycles. The quantitative estimate of drug-likeness (QED) is 0.505. The Morgan fingerprint density at radius 3 is 2.67 bits per heavy atom. The van der Waals surface area contributed by atoms with Crippen LogP contribution in [-0.2, 0) is 9.59 Å². The predicted octanol–water partition coefficient (Wildman–Crippen LogP) is 1.24. The Kier molecular flexibility index (Phi) is 4.99. The molecule has 2 N–H and O–H groups in total. The number of benzene rings is 1. The van der Waals surface area contributed by atoms with E-state index in [1.54, 1.807) is 36.8 Å². The van der Waals surface area contributed by atoms with Crippen molar-refractivity contribution in [1.29, 1.82) is 0 Å². The molecule has 0 unspecified atom stereocenters. The summed E-state index contributed by atoms with van der Waals surface area (Å²) in [6.45, 7) is 0. The molecule has 2 amide bonds. The average molecular weight is 304 g/mol. The van der Waals surface area contributed by atoms with Crippen LogP contribution in [0.25, 0.3) is 0 Å². The van der Waals surface area contributed by atoms with Crippen LogP contribution in [0.3, 0.4) is 0 Å². The number of thiazole rings is 1. The molecule has 21 heavy (non-hydrogen) atoms. The third kappa shape index (κ3) is 4.39. The normalized spacial score (nSPS) is 10.3. The van der Waals surface area contributed by atoms with Crippen molar-refractivity contribution in [1.82, 2.24) is 10.4 Å². The van der Waals surface area contributed by atoms with Crippen LogP contribution in [-0.4, -0.2) is 30.1 Å². The highest BCUT2D eigenvalue weighted by atomic mass is 32.1. The zero-order chi connectivity index (χ0) is 15.1. The second-order valence-electron chi connectivity index (χ2n) is 3.76. The second-order valence-corrected chi connectivity index (χ2v) is 4.66. The molecule has 0 aliphatic carbocycles. The molecule has 0 radical (unpaired) electrons. The highest BCUT2D eigenvalue weighted by Gasteiger charge is 2.13. The molecule has 1 heterocycles. The third-order valence-electron chi connectivity index (χ3n) is 2.35. The Morgan fingerprint density at radius 2 is 2.05 bits per heavy atom. The van der Waals surface area contributed by atoms with E-state index in [4.69, 9.17) is 4.74 Å². The maximum atomic E-state index is 11.5. The SMILES string of the molecule is COc1ccc(/C=N\NC(=O)C(=O)Nc2nccs2)cc1. The Hall–Kier alpha value is -2.74. The largest absolute Gasteiger partial charge is 0.497 e. The van der Waals surface area contributed by atoms with Gasteiger partial charge in [-0.1, -0.05) is 0 Å². The molecule has 0 bridgehead atoms. The van der Waals surface area contributed by atoms with Gasteiger partial charge in [-0.15, -0.1) is 11.3 Å². The summed E-state index contributed by atoms with van der Waals surface area (Å²) in [5.74, 6) is -0.967. The fourth-order valence-electron chi connectivity index (χ4n) is 1.35. The highest BCUT2D eigenvalue weighted by Crippen LogP contribution is 2.10. The van der Waals surface area contributed by atoms with E-state index < -0.39 is 11.8 Å². The fraction of sp³-hybridized carbons (Fsp3) is 0.0769. The highest BCUT2D eigenvalue weighted by molar-refractivity contribution is 7.13. The monoisotopic (exact) mass is 304 g/mol. The number of ether oxygens (including phenoxy) is 1. The van der Waals surface area contributed by atoms with Gasteiger partial charge in [-0.2, -0.15) is 5.10 Å². The number of carbonyl (C=O) groups is 2. The molecule has 0 aliphatic rings. The number of methoxy groups -OCH3 is 1. The molecule has 0 saturated carbocycles. The van der Waals surface area contributed by atoms with E-state index in [9.17, 15) is 9.59 Å². The number of amides is 2. The Balaban J connectivity index is 1.84. The molecule has 0 saturated heterocycles. The molecule has 0 fully saturated rings. The van der Waals surface area contributed by atoms with E-state index in [1.165, 1.54) is 23.7 Å². The number of aromatic nitrogens is 1. The van der Waals surface area contributed by atoms with Crippen LogP contribution in [0.5, 0.6) is 5.75 Å². The van der Waals surface area contributed by atoms with Crippen molar-refractivity contribution in [2.24, 2.45) is 5.10 Å². The average Bonchev–Trinajstić information content (AvgIpc) is 3.00. The van der Waals surface area contributed by atoms with Gasteiger partial charge in [0.25, 0.3) is 0 Å². The fourth-order valence-corrected chi connectivity index (χ4v) is 1.87. The van der Waals surface area contributed by atoms with E-state index in [-0.39, 0.29) is 0 Å². The van der Waals surface area contributed by atoms with Gasteiger partial charge in [0.1, 0.15) is 5.75 Å². The van der Waals surface area contributed by atoms with Crippen LogP contribution in [0.15, 0.2) is 40.9 Å². The molecule has 2 aromatic rings. The molecule has 7 nitrogen and oxygen atoms in total. The summed E-state index contributed by atoms with van der Waals surface area (Å²) in [6, 6.07) is 7.06. The number of nitrogens with one attached hydrogen (secondary N) is 2. The van der Waals surface area contributed by atoms with E-state index in [0.717, 1.165) is 11.3 Å². The number of anilines is 1. The van der Waals surface area contributed by atoms with Crippen molar-refractivity contribution in [3.63, 3.8) is 0 Å². The molecular weight excluding hydrogens is 292 g/mol. The van der Waals surface area contributed by atoms with Crippen LogP contribution in [0.1, 0.15) is 5.56 Å². The topological polar surface area (TPSA) is 92.7 Å². The van der Waals surface area contributed by atoms with Gasteiger partial charge in [0.2, 0.25) is 0 Å². The van der Waals surface area contributed by atoms with Gasteiger partial charge in [0.05, 0.1) is 13.3 Å². The van der Waals surface area contributed by atoms with Gasteiger partial charge in [-0.3, -0.25) is 14.9 Å². The molecule has 0 atom stereocenters. The van der Waals surface area contributed by atoms with Gasteiger partial charge in [0.15, 0.2) is 5.13 Å². The van der Waals surface area contributed by atoms with Gasteiger partial charge < -0.3 is 4.74 Å². The van der Waals surface area contributed by atoms with Crippen LogP contribution in [0.2, 0.25) is 0 Å². The minimum atomic E-state index is -0.866. The molecule has 0 aliphatic heterocycles. The van der Waals surface area contributed by atoms with Crippen molar-refractivity contribution in [2.45, 2.75) is 0 Å². The summed E-state index contributed by atoms with van der Waals surface area (Å²) in [4.78, 5) is 26.8. The lowest BCUT2D eigenvalue weighted by Crippen LogP contribution is -2.32. The lowest BCUT2D eigenvalue weighted by atomic mass is 10.2. The van der Waals surface area contributed by atoms with Crippen LogP contribution >= 0.6 is 11.3 Å². The van der Waals surface area contributed by atoms with Gasteiger partial charge >= 0.3 is 11.8 Å². The van der Waals surface area contributed by atoms with Crippen LogP contribution < -0.4 is 15.5 Å². The van der Waals surface area contributed by atoms with Crippen molar-refractivity contribution in [2.75, 3.05) is 12.4 Å². The molecular formula is C13H12N4O3S. The molecule has 108 valence electrons. The first kappa shape index (κ1) is 14.7. The minimum absolute atomic E-state index is 0.356. The van der Waals surface area contributed by atoms with E-state index in [1.807, 2.05) is 0 Å². The first-order valence-electron chi connectivity index (χ1n) is 5.87. The van der Waals surface area contributed by atoms with Gasteiger partial charge in [-0.05, 0) is 29.8 Å². The molecule has 8 heteroatoms. The summed E-state index contributed by atoms with van der Waals surface area (Å²) in [7, 11) is 1.57. The number of hydrogen-bond donors (Lipinski definition) is 2. The number of hydrazone groups is 1. The zero-order valence-electron chi connectivity index (χ0n) is 11.1. The van der Waals surface area contributed by atoms with Crippen molar-refractivity contribution in [3.05, 3.63) is 41.4 Å². The predicted molar refractivity (Wildman–Crippen MR) is 79.5 cm³/mol. The Morgan fingerprint density at radius 1 is 1.29 bits per heavy atom. The first-order valence-corrected chi connectivity index (χ1v) is 6.75. The van der Waals surface area contributed by atoms with E-state index in [2.05, 4.69) is 20.8 Å². The summed E-state index contributed by atoms with van der Waals surface area (Å²) >= 11 is 1.22. The summed E-state index contributed by atoms with van der Waals surface area (Å²) in [6.07, 6.45) is 2.95. The number of hydrogen-bond acceptors (Lipinski definition) is 6. The van der Waals surface area contributed by atoms with E-state index in [0.29, 0.717) is 5.13 Å². The summed E-state index contributed by atoms with van der Waals surface area (Å²) in [5, 5.41) is 8.10. The maximum absolute atomic E-state index is 11.5. The van der Waals surface area contributed by atoms with Crippen molar-refractivity contribution >= 4 is 34.5 Å². The van der Waals surface area contributed by atoms with Gasteiger partial charge in [-0.25, -0.2) is 10.4 Å². The van der Waals surface area contributed by atoms with E-state index >= 15 is 0 Å². The summed E-state index contributed by atoms with van der Waals surface area (Å²) in [5.41, 5.74) is 2.90. The smallest absolute Gasteiger partial charge is 0.329 e. The summed E-state index contributed by atoms with van der Waals surface area (Å²) < 4.78 is 5.02. The number of carbonyl (C=O) groups excluding carboxylic acids is 2. The maximum Gasteiger partial charge on any atom is 0.329 e. The van der Waals surface area contributed by atoms with Crippen molar-refractivity contribution < 1.29 is 14.3 Å². The number of rotatable bonds is 4. The van der Waals surface area contributed by atoms with Crippen LogP contribution in [0, 0.1) is 0 Å². The second kappa shape index (κ2) is 7.15. The Labute approximate surface area is 124 Å². The van der Waals surface area contributed by atoms with Crippen LogP contribution in [0.4, 0.5) is 5.13 Å². The number of nitrogens with zero attached hydrogens (tertiary/aromatic N) is 2.